The zero-order chi connectivity index (χ0) is 17.3. The molecule has 0 N–H and O–H groups in total. The number of carbonyl (C=O) groups excluding carboxylic acids is 1. The quantitative estimate of drug-likeness (QED) is 0.451. The number of hydrogen-bond acceptors (Lipinski definition) is 3. The molecule has 4 unspecified atom stereocenters. The van der Waals surface area contributed by atoms with E-state index in [2.05, 4.69) is 6.58 Å². The Hall–Kier alpha value is -1.91. The van der Waals surface area contributed by atoms with Gasteiger partial charge in [0.1, 0.15) is 0 Å². The Kier molecular flexibility index (Phi) is 4.88. The van der Waals surface area contributed by atoms with Gasteiger partial charge in [-0.3, -0.25) is 4.79 Å². The van der Waals surface area contributed by atoms with E-state index in [9.17, 15) is 13.6 Å². The van der Waals surface area contributed by atoms with Crippen LogP contribution >= 0.6 is 0 Å². The average Bonchev–Trinajstić information content (AvgIpc) is 3.16. The van der Waals surface area contributed by atoms with Gasteiger partial charge in [0, 0.05) is 0 Å². The van der Waals surface area contributed by atoms with Crippen LogP contribution in [0.25, 0.3) is 0 Å². The van der Waals surface area contributed by atoms with E-state index in [1.807, 2.05) is 6.08 Å². The normalized spacial score (nSPS) is 28.5. The summed E-state index contributed by atoms with van der Waals surface area (Å²) in [6, 6.07) is 2.53. The number of fused-ring (bicyclic) bond motifs is 1. The molecule has 1 aromatic rings. The highest BCUT2D eigenvalue weighted by molar-refractivity contribution is 5.76. The Bertz CT molecular complexity index is 644. The lowest BCUT2D eigenvalue weighted by Gasteiger charge is -2.18. The summed E-state index contributed by atoms with van der Waals surface area (Å²) in [6.45, 7) is 5.77. The van der Waals surface area contributed by atoms with E-state index in [-0.39, 0.29) is 29.9 Å². The third-order valence-electron chi connectivity index (χ3n) is 5.39. The van der Waals surface area contributed by atoms with Crippen molar-refractivity contribution in [2.45, 2.75) is 32.6 Å². The summed E-state index contributed by atoms with van der Waals surface area (Å²) < 4.78 is 38.1. The van der Waals surface area contributed by atoms with Crippen LogP contribution in [0.1, 0.15) is 32.6 Å². The van der Waals surface area contributed by atoms with Gasteiger partial charge >= 0.3 is 5.97 Å². The minimum Gasteiger partial charge on any atom is -0.491 e. The number of ether oxygens (including phenoxy) is 2. The second-order valence-corrected chi connectivity index (χ2v) is 6.53. The van der Waals surface area contributed by atoms with Gasteiger partial charge in [-0.2, -0.15) is 8.78 Å². The van der Waals surface area contributed by atoms with Crippen LogP contribution in [0.2, 0.25) is 0 Å². The first-order chi connectivity index (χ1) is 11.6. The first-order valence-corrected chi connectivity index (χ1v) is 8.51. The summed E-state index contributed by atoms with van der Waals surface area (Å²) in [5, 5.41) is 0. The van der Waals surface area contributed by atoms with E-state index in [1.54, 1.807) is 6.92 Å². The summed E-state index contributed by atoms with van der Waals surface area (Å²) in [6.07, 6.45) is 5.66. The van der Waals surface area contributed by atoms with E-state index >= 15 is 0 Å². The highest BCUT2D eigenvalue weighted by Crippen LogP contribution is 2.51. The molecule has 2 aliphatic rings. The Balaban J connectivity index is 1.72. The molecule has 130 valence electrons. The minimum atomic E-state index is -1.18. The predicted octanol–water partition coefficient (Wildman–Crippen LogP) is 4.51. The monoisotopic (exact) mass is 336 g/mol. The highest BCUT2D eigenvalue weighted by Gasteiger charge is 2.47. The maximum absolute atomic E-state index is 14.1. The van der Waals surface area contributed by atoms with Gasteiger partial charge in [0.15, 0.2) is 11.5 Å². The first-order valence-electron chi connectivity index (χ1n) is 8.51. The van der Waals surface area contributed by atoms with E-state index in [0.717, 1.165) is 25.7 Å². The lowest BCUT2D eigenvalue weighted by molar-refractivity contribution is -0.140. The molecule has 0 saturated heterocycles. The molecule has 0 bridgehead atoms. The van der Waals surface area contributed by atoms with Crippen molar-refractivity contribution in [2.75, 3.05) is 6.61 Å². The van der Waals surface area contributed by atoms with Gasteiger partial charge in [0.25, 0.3) is 0 Å². The van der Waals surface area contributed by atoms with Crippen molar-refractivity contribution in [2.24, 2.45) is 23.7 Å². The van der Waals surface area contributed by atoms with Crippen molar-refractivity contribution in [3.05, 3.63) is 36.4 Å². The molecule has 0 amide bonds. The third kappa shape index (κ3) is 2.92. The van der Waals surface area contributed by atoms with Gasteiger partial charge in [0.2, 0.25) is 11.6 Å². The molecule has 0 radical (unpaired) electrons. The zero-order valence-corrected chi connectivity index (χ0v) is 13.8. The van der Waals surface area contributed by atoms with Gasteiger partial charge in [-0.25, -0.2) is 0 Å². The lowest BCUT2D eigenvalue weighted by Crippen LogP contribution is -2.25. The van der Waals surface area contributed by atoms with Crippen LogP contribution in [0.4, 0.5) is 8.78 Å². The summed E-state index contributed by atoms with van der Waals surface area (Å²) in [5.41, 5.74) is 0. The van der Waals surface area contributed by atoms with Crippen LogP contribution in [0.15, 0.2) is 24.8 Å². The van der Waals surface area contributed by atoms with E-state index < -0.39 is 17.6 Å². The van der Waals surface area contributed by atoms with Crippen molar-refractivity contribution >= 4 is 5.97 Å². The standard InChI is InChI=1S/C19H22F2O3/c1-3-11-5-6-13-12(11)7-8-14(13)19(22)24-16-10-9-15(23-4-2)17(20)18(16)21/h3,9-14H,1,4-8H2,2H3. The topological polar surface area (TPSA) is 35.5 Å². The average molecular weight is 336 g/mol. The number of esters is 1. The zero-order valence-electron chi connectivity index (χ0n) is 13.8. The second-order valence-electron chi connectivity index (χ2n) is 6.53. The lowest BCUT2D eigenvalue weighted by atomic mass is 9.89. The Morgan fingerprint density at radius 3 is 2.54 bits per heavy atom. The number of halogens is 2. The minimum absolute atomic E-state index is 0.180. The summed E-state index contributed by atoms with van der Waals surface area (Å²) in [7, 11) is 0. The molecule has 2 fully saturated rings. The molecule has 5 heteroatoms. The molecule has 24 heavy (non-hydrogen) atoms. The number of hydrogen-bond donors (Lipinski definition) is 0. The first kappa shape index (κ1) is 16.9. The molecule has 0 spiro atoms. The molecule has 2 aliphatic carbocycles. The van der Waals surface area contributed by atoms with E-state index in [1.165, 1.54) is 12.1 Å². The second kappa shape index (κ2) is 6.91. The Morgan fingerprint density at radius 1 is 1.17 bits per heavy atom. The fraction of sp³-hybridized carbons (Fsp3) is 0.526. The van der Waals surface area contributed by atoms with Crippen molar-refractivity contribution in [1.82, 2.24) is 0 Å². The summed E-state index contributed by atoms with van der Waals surface area (Å²) >= 11 is 0. The SMILES string of the molecule is C=CC1CCC2C(C(=O)Oc3ccc(OCC)c(F)c3F)CCC12. The molecule has 2 saturated carbocycles. The van der Waals surface area contributed by atoms with Gasteiger partial charge in [-0.1, -0.05) is 6.08 Å². The highest BCUT2D eigenvalue weighted by atomic mass is 19.2. The van der Waals surface area contributed by atoms with Crippen LogP contribution in [-0.2, 0) is 4.79 Å². The van der Waals surface area contributed by atoms with Crippen molar-refractivity contribution in [1.29, 1.82) is 0 Å². The van der Waals surface area contributed by atoms with Gasteiger partial charge in [-0.15, -0.1) is 6.58 Å². The number of allylic oxidation sites excluding steroid dienone is 1. The molecule has 4 atom stereocenters. The molecular weight excluding hydrogens is 314 g/mol. The van der Waals surface area contributed by atoms with Crippen molar-refractivity contribution in [3.8, 4) is 11.5 Å². The largest absolute Gasteiger partial charge is 0.491 e. The predicted molar refractivity (Wildman–Crippen MR) is 85.8 cm³/mol. The third-order valence-corrected chi connectivity index (χ3v) is 5.39. The Labute approximate surface area is 140 Å². The number of benzene rings is 1. The molecule has 0 aliphatic heterocycles. The maximum Gasteiger partial charge on any atom is 0.314 e. The van der Waals surface area contributed by atoms with Gasteiger partial charge in [0.05, 0.1) is 12.5 Å². The Morgan fingerprint density at radius 2 is 1.83 bits per heavy atom. The molecule has 3 rings (SSSR count). The van der Waals surface area contributed by atoms with Crippen LogP contribution < -0.4 is 9.47 Å². The van der Waals surface area contributed by atoms with Crippen molar-refractivity contribution in [3.63, 3.8) is 0 Å². The van der Waals surface area contributed by atoms with Crippen molar-refractivity contribution < 1.29 is 23.0 Å². The number of rotatable bonds is 5. The molecular formula is C19H22F2O3. The molecule has 0 aromatic heterocycles. The fourth-order valence-corrected chi connectivity index (χ4v) is 4.27. The molecule has 1 aromatic carbocycles. The van der Waals surface area contributed by atoms with Crippen LogP contribution in [0.3, 0.4) is 0 Å². The van der Waals surface area contributed by atoms with Crippen LogP contribution in [0, 0.1) is 35.3 Å². The number of carbonyl (C=O) groups is 1. The van der Waals surface area contributed by atoms with E-state index in [4.69, 9.17) is 9.47 Å². The molecule has 3 nitrogen and oxygen atoms in total. The fourth-order valence-electron chi connectivity index (χ4n) is 4.27. The van der Waals surface area contributed by atoms with Crippen LogP contribution in [-0.4, -0.2) is 12.6 Å². The van der Waals surface area contributed by atoms with Gasteiger partial charge in [-0.05, 0) is 62.5 Å². The maximum atomic E-state index is 14.1. The smallest absolute Gasteiger partial charge is 0.314 e. The van der Waals surface area contributed by atoms with E-state index in [0.29, 0.717) is 11.8 Å². The van der Waals surface area contributed by atoms with Gasteiger partial charge < -0.3 is 9.47 Å². The summed E-state index contributed by atoms with van der Waals surface area (Å²) in [4.78, 5) is 12.5. The molecule has 0 heterocycles. The van der Waals surface area contributed by atoms with Crippen LogP contribution in [0.5, 0.6) is 11.5 Å². The summed E-state index contributed by atoms with van der Waals surface area (Å²) in [5.74, 6) is -2.39.